The summed E-state index contributed by atoms with van der Waals surface area (Å²) in [5.41, 5.74) is 1.54. The van der Waals surface area contributed by atoms with Crippen LogP contribution < -0.4 is 10.6 Å². The Bertz CT molecular complexity index is 815. The van der Waals surface area contributed by atoms with E-state index in [1.54, 1.807) is 19.1 Å². The lowest BCUT2D eigenvalue weighted by atomic mass is 10.1. The highest BCUT2D eigenvalue weighted by Crippen LogP contribution is 2.40. The molecule has 0 aromatic carbocycles. The number of aromatic nitrogens is 2. The Labute approximate surface area is 134 Å². The Kier molecular flexibility index (Phi) is 3.67. The van der Waals surface area contributed by atoms with Crippen LogP contribution in [0.3, 0.4) is 0 Å². The summed E-state index contributed by atoms with van der Waals surface area (Å²) in [6.45, 7) is 9.40. The van der Waals surface area contributed by atoms with E-state index in [2.05, 4.69) is 34.1 Å². The largest absolute Gasteiger partial charge is 0.442 e. The summed E-state index contributed by atoms with van der Waals surface area (Å²) in [5.74, 6) is 0.896. The molecule has 1 fully saturated rings. The van der Waals surface area contributed by atoms with Crippen LogP contribution in [0, 0.1) is 6.92 Å². The topological polar surface area (TPSA) is 80.1 Å². The van der Waals surface area contributed by atoms with Gasteiger partial charge in [0.2, 0.25) is 5.71 Å². The van der Waals surface area contributed by atoms with E-state index in [0.29, 0.717) is 33.9 Å². The summed E-state index contributed by atoms with van der Waals surface area (Å²) in [5, 5.41) is 6.84. The number of aryl methyl sites for hydroxylation is 1. The van der Waals surface area contributed by atoms with Crippen molar-refractivity contribution >= 4 is 22.8 Å². The molecule has 0 bridgehead atoms. The number of rotatable bonds is 5. The molecule has 0 atom stereocenters. The minimum Gasteiger partial charge on any atom is -0.442 e. The number of nitrogens with zero attached hydrogens (tertiary/aromatic N) is 2. The third kappa shape index (κ3) is 2.84. The third-order valence-electron chi connectivity index (χ3n) is 4.10. The maximum absolute atomic E-state index is 12.7. The number of nitrogens with one attached hydrogen (secondary N) is 2. The molecule has 2 N–H and O–H groups in total. The summed E-state index contributed by atoms with van der Waals surface area (Å²) in [6.07, 6.45) is 6.98. The van der Waals surface area contributed by atoms with Crippen LogP contribution in [0.15, 0.2) is 35.2 Å². The van der Waals surface area contributed by atoms with Gasteiger partial charge in [0, 0.05) is 11.2 Å². The smallest absolute Gasteiger partial charge is 0.260 e. The fourth-order valence-electron chi connectivity index (χ4n) is 2.45. The maximum Gasteiger partial charge on any atom is 0.260 e. The van der Waals surface area contributed by atoms with Gasteiger partial charge in [0.15, 0.2) is 0 Å². The zero-order chi connectivity index (χ0) is 16.6. The molecule has 23 heavy (non-hydrogen) atoms. The van der Waals surface area contributed by atoms with Gasteiger partial charge in [0.05, 0.1) is 10.9 Å². The standard InChI is InChI=1S/C17H20N4O2/c1-5-11(6-2)20-15(22)12-10(3)23-16-13(12)14(18-9-19-16)21-17(4)7-8-17/h5-6,9H,1,7-8H2,2-4H3,(H,20,22)(H,18,19,21)/b11-6+. The van der Waals surface area contributed by atoms with E-state index in [1.807, 2.05) is 6.92 Å². The van der Waals surface area contributed by atoms with Crippen LogP contribution in [0.4, 0.5) is 5.82 Å². The van der Waals surface area contributed by atoms with E-state index in [4.69, 9.17) is 4.42 Å². The fourth-order valence-corrected chi connectivity index (χ4v) is 2.45. The van der Waals surface area contributed by atoms with E-state index in [0.717, 1.165) is 12.8 Å². The average Bonchev–Trinajstić information content (AvgIpc) is 3.13. The number of anilines is 1. The lowest BCUT2D eigenvalue weighted by Crippen LogP contribution is -2.23. The number of fused-ring (bicyclic) bond motifs is 1. The van der Waals surface area contributed by atoms with Gasteiger partial charge in [-0.3, -0.25) is 4.79 Å². The second kappa shape index (κ2) is 5.53. The van der Waals surface area contributed by atoms with Crippen molar-refractivity contribution < 1.29 is 9.21 Å². The molecule has 0 unspecified atom stereocenters. The van der Waals surface area contributed by atoms with E-state index < -0.39 is 0 Å². The molecule has 0 spiro atoms. The molecule has 2 aromatic rings. The summed E-state index contributed by atoms with van der Waals surface area (Å²) in [7, 11) is 0. The number of amides is 1. The van der Waals surface area contributed by atoms with Crippen LogP contribution in [0.2, 0.25) is 0 Å². The molecule has 6 nitrogen and oxygen atoms in total. The van der Waals surface area contributed by atoms with Gasteiger partial charge in [-0.05, 0) is 39.7 Å². The van der Waals surface area contributed by atoms with Crippen LogP contribution in [0.5, 0.6) is 0 Å². The lowest BCUT2D eigenvalue weighted by Gasteiger charge is -2.13. The Hall–Kier alpha value is -2.63. The third-order valence-corrected chi connectivity index (χ3v) is 4.10. The van der Waals surface area contributed by atoms with Crippen LogP contribution in [-0.4, -0.2) is 21.4 Å². The molecule has 0 aliphatic heterocycles. The van der Waals surface area contributed by atoms with E-state index in [9.17, 15) is 4.79 Å². The molecular weight excluding hydrogens is 292 g/mol. The van der Waals surface area contributed by atoms with Gasteiger partial charge in [-0.2, -0.15) is 0 Å². The summed E-state index contributed by atoms with van der Waals surface area (Å²) in [4.78, 5) is 21.1. The molecule has 1 aliphatic carbocycles. The Balaban J connectivity index is 2.06. The summed E-state index contributed by atoms with van der Waals surface area (Å²) in [6, 6.07) is 0. The van der Waals surface area contributed by atoms with Gasteiger partial charge >= 0.3 is 0 Å². The van der Waals surface area contributed by atoms with E-state index >= 15 is 0 Å². The van der Waals surface area contributed by atoms with Crippen LogP contribution in [0.1, 0.15) is 42.8 Å². The van der Waals surface area contributed by atoms with Gasteiger partial charge in [-0.1, -0.05) is 12.7 Å². The van der Waals surface area contributed by atoms with Gasteiger partial charge in [-0.15, -0.1) is 0 Å². The first kappa shape index (κ1) is 15.3. The highest BCUT2D eigenvalue weighted by atomic mass is 16.3. The number of carbonyl (C=O) groups excluding carboxylic acids is 1. The number of hydrogen-bond donors (Lipinski definition) is 2. The lowest BCUT2D eigenvalue weighted by molar-refractivity contribution is 0.0967. The van der Waals surface area contributed by atoms with Crippen molar-refractivity contribution in [2.75, 3.05) is 5.32 Å². The zero-order valence-electron chi connectivity index (χ0n) is 13.6. The minimum absolute atomic E-state index is 0.0375. The fraction of sp³-hybridized carbons (Fsp3) is 0.353. The quantitative estimate of drug-likeness (QED) is 0.828. The Morgan fingerprint density at radius 1 is 1.43 bits per heavy atom. The predicted octanol–water partition coefficient (Wildman–Crippen LogP) is 3.32. The highest BCUT2D eigenvalue weighted by Gasteiger charge is 2.38. The first-order valence-corrected chi connectivity index (χ1v) is 7.60. The second-order valence-corrected chi connectivity index (χ2v) is 6.02. The van der Waals surface area contributed by atoms with Crippen LogP contribution >= 0.6 is 0 Å². The number of hydrogen-bond acceptors (Lipinski definition) is 5. The van der Waals surface area contributed by atoms with Crippen molar-refractivity contribution in [1.29, 1.82) is 0 Å². The normalized spacial score (nSPS) is 16.2. The molecule has 1 aliphatic rings. The molecule has 0 saturated heterocycles. The Morgan fingerprint density at radius 3 is 2.78 bits per heavy atom. The van der Waals surface area contributed by atoms with Crippen LogP contribution in [-0.2, 0) is 0 Å². The monoisotopic (exact) mass is 312 g/mol. The molecule has 2 heterocycles. The predicted molar refractivity (Wildman–Crippen MR) is 89.2 cm³/mol. The molecule has 2 aromatic heterocycles. The molecule has 1 amide bonds. The van der Waals surface area contributed by atoms with Gasteiger partial charge in [-0.25, -0.2) is 9.97 Å². The van der Waals surface area contributed by atoms with Gasteiger partial charge < -0.3 is 15.1 Å². The molecule has 1 saturated carbocycles. The minimum atomic E-state index is -0.256. The number of carbonyl (C=O) groups is 1. The molecule has 0 radical (unpaired) electrons. The molecular formula is C17H20N4O2. The maximum atomic E-state index is 12.7. The van der Waals surface area contributed by atoms with Gasteiger partial charge in [0.25, 0.3) is 5.91 Å². The zero-order valence-corrected chi connectivity index (χ0v) is 13.6. The first-order valence-electron chi connectivity index (χ1n) is 7.60. The van der Waals surface area contributed by atoms with Crippen molar-refractivity contribution in [3.05, 3.63) is 42.1 Å². The summed E-state index contributed by atoms with van der Waals surface area (Å²) >= 11 is 0. The first-order chi connectivity index (χ1) is 11.0. The molecule has 3 rings (SSSR count). The van der Waals surface area contributed by atoms with Crippen LogP contribution in [0.25, 0.3) is 11.1 Å². The Morgan fingerprint density at radius 2 is 2.17 bits per heavy atom. The molecule has 120 valence electrons. The highest BCUT2D eigenvalue weighted by molar-refractivity contribution is 6.10. The van der Waals surface area contributed by atoms with E-state index in [1.165, 1.54) is 6.33 Å². The second-order valence-electron chi connectivity index (χ2n) is 6.02. The van der Waals surface area contributed by atoms with E-state index in [-0.39, 0.29) is 11.4 Å². The van der Waals surface area contributed by atoms with Gasteiger partial charge in [0.1, 0.15) is 17.9 Å². The van der Waals surface area contributed by atoms with Crippen molar-refractivity contribution in [1.82, 2.24) is 15.3 Å². The SMILES string of the molecule is C=C/C(=C\C)NC(=O)c1c(C)oc2ncnc(NC3(C)CC3)c12. The van der Waals surface area contributed by atoms with Crippen molar-refractivity contribution in [3.8, 4) is 0 Å². The van der Waals surface area contributed by atoms with Crippen molar-refractivity contribution in [3.63, 3.8) is 0 Å². The average molecular weight is 312 g/mol. The summed E-state index contributed by atoms with van der Waals surface area (Å²) < 4.78 is 5.65. The van der Waals surface area contributed by atoms with Crippen molar-refractivity contribution in [2.45, 2.75) is 39.2 Å². The number of allylic oxidation sites excluding steroid dienone is 2. The molecule has 6 heteroatoms. The number of furan rings is 1. The van der Waals surface area contributed by atoms with Crippen molar-refractivity contribution in [2.24, 2.45) is 0 Å².